The molecule has 0 aromatic rings. The molecule has 1 amide bonds. The first-order valence-electron chi connectivity index (χ1n) is 13.2. The Bertz CT molecular complexity index is 949. The van der Waals surface area contributed by atoms with Gasteiger partial charge in [-0.05, 0) is 0 Å². The van der Waals surface area contributed by atoms with Gasteiger partial charge in [0, 0.05) is 13.3 Å². The minimum atomic E-state index is -2.96. The van der Waals surface area contributed by atoms with Crippen LogP contribution in [-0.2, 0) is 33.3 Å². The van der Waals surface area contributed by atoms with E-state index < -0.39 is 136 Å². The maximum Gasteiger partial charge on any atom is 1.00 e. The molecule has 21 heteroatoms. The largest absolute Gasteiger partial charge is 1.00 e. The first-order valence-corrected chi connectivity index (χ1v) is 13.2. The predicted octanol–water partition coefficient (Wildman–Crippen LogP) is -12.6. The summed E-state index contributed by atoms with van der Waals surface area (Å²) < 4.78 is 26.7. The fourth-order valence-electron chi connectivity index (χ4n) is 5.04. The third-order valence-electron chi connectivity index (χ3n) is 7.45. The van der Waals surface area contributed by atoms with Crippen LogP contribution in [0.25, 0.3) is 0 Å². The molecule has 3 rings (SSSR count). The Labute approximate surface area is 271 Å². The quantitative estimate of drug-likeness (QED) is 0.0919. The molecular formula is C23H38NNaO19. The summed E-state index contributed by atoms with van der Waals surface area (Å²) in [6.07, 6.45) is -27.5. The summed E-state index contributed by atoms with van der Waals surface area (Å²) in [5.74, 6) is -5.83. The molecule has 0 aromatic carbocycles. The van der Waals surface area contributed by atoms with Crippen molar-refractivity contribution in [2.75, 3.05) is 19.8 Å². The summed E-state index contributed by atoms with van der Waals surface area (Å²) >= 11 is 0. The van der Waals surface area contributed by atoms with E-state index in [1.54, 1.807) is 0 Å². The number of aliphatic carboxylic acids is 1. The van der Waals surface area contributed by atoms with Gasteiger partial charge < -0.3 is 95.1 Å². The van der Waals surface area contributed by atoms with Crippen molar-refractivity contribution in [2.24, 2.45) is 0 Å². The Morgan fingerprint density at radius 3 is 2.14 bits per heavy atom. The number of hydrogen-bond acceptors (Lipinski definition) is 19. The van der Waals surface area contributed by atoms with E-state index in [1.807, 2.05) is 0 Å². The first-order chi connectivity index (χ1) is 20.1. The number of rotatable bonds is 11. The number of amides is 1. The Balaban J connectivity index is 0.00000675. The zero-order valence-corrected chi connectivity index (χ0v) is 25.7. The molecule has 0 saturated carbocycles. The number of carboxylic acids is 1. The van der Waals surface area contributed by atoms with E-state index in [0.717, 1.165) is 6.92 Å². The summed E-state index contributed by atoms with van der Waals surface area (Å²) in [5.41, 5.74) is 0. The average molecular weight is 656 g/mol. The maximum absolute atomic E-state index is 12.3. The second-order valence-electron chi connectivity index (χ2n) is 10.5. The van der Waals surface area contributed by atoms with Crippen LogP contribution in [0.2, 0.25) is 0 Å². The van der Waals surface area contributed by atoms with Crippen LogP contribution in [0.15, 0.2) is 0 Å². The SMILES string of the molecule is CC(=O)N[C@H]1[C@H]([C@H](O)[C@H](O)CO)O[C@](OC[C@H]2OC(O)[C@H](O)[C@@H](O)[C@@H]2O[C@@H]2O[C@H](CO)[C@H](O)[C@H](O)[C@H]2O)(C(=O)[O-])C[C@@H]1O.[Na+]. The molecule has 20 nitrogen and oxygen atoms in total. The molecule has 0 radical (unpaired) electrons. The van der Waals surface area contributed by atoms with Crippen LogP contribution in [0, 0.1) is 0 Å². The zero-order valence-electron chi connectivity index (χ0n) is 23.7. The number of nitrogens with one attached hydrogen (secondary N) is 1. The molecule has 16 atom stereocenters. The Kier molecular flexibility index (Phi) is 14.7. The van der Waals surface area contributed by atoms with Crippen molar-refractivity contribution in [1.82, 2.24) is 5.32 Å². The van der Waals surface area contributed by atoms with E-state index in [9.17, 15) is 70.9 Å². The number of carbonyl (C=O) groups excluding carboxylic acids is 2. The zero-order chi connectivity index (χ0) is 32.4. The van der Waals surface area contributed by atoms with E-state index in [-0.39, 0.29) is 29.6 Å². The maximum atomic E-state index is 12.3. The smallest absolute Gasteiger partial charge is 0.544 e. The average Bonchev–Trinajstić information content (AvgIpc) is 2.96. The van der Waals surface area contributed by atoms with Crippen molar-refractivity contribution in [3.63, 3.8) is 0 Å². The van der Waals surface area contributed by atoms with E-state index in [4.69, 9.17) is 23.7 Å². The summed E-state index contributed by atoms with van der Waals surface area (Å²) in [7, 11) is 0. The molecule has 0 bridgehead atoms. The normalized spacial score (nSPS) is 44.2. The van der Waals surface area contributed by atoms with Crippen LogP contribution < -0.4 is 40.0 Å². The van der Waals surface area contributed by atoms with Gasteiger partial charge in [-0.2, -0.15) is 0 Å². The van der Waals surface area contributed by atoms with Gasteiger partial charge in [-0.25, -0.2) is 0 Å². The van der Waals surface area contributed by atoms with Crippen LogP contribution in [0.3, 0.4) is 0 Å². The molecule has 1 unspecified atom stereocenters. The summed E-state index contributed by atoms with van der Waals surface area (Å²) in [6.45, 7) is -1.85. The van der Waals surface area contributed by atoms with Gasteiger partial charge in [-0.3, -0.25) is 4.79 Å². The predicted molar refractivity (Wildman–Crippen MR) is 127 cm³/mol. The Morgan fingerprint density at radius 2 is 1.59 bits per heavy atom. The van der Waals surface area contributed by atoms with Crippen molar-refractivity contribution >= 4 is 11.9 Å². The number of aliphatic hydroxyl groups excluding tert-OH is 11. The van der Waals surface area contributed by atoms with Gasteiger partial charge in [-0.15, -0.1) is 0 Å². The summed E-state index contributed by atoms with van der Waals surface area (Å²) in [5, 5.41) is 126. The molecule has 3 saturated heterocycles. The molecule has 3 aliphatic rings. The van der Waals surface area contributed by atoms with E-state index in [2.05, 4.69) is 5.32 Å². The third kappa shape index (κ3) is 8.41. The monoisotopic (exact) mass is 655 g/mol. The number of aliphatic hydroxyl groups is 11. The topological polar surface area (TPSA) is 338 Å². The molecule has 3 fully saturated rings. The van der Waals surface area contributed by atoms with Crippen LogP contribution in [-0.4, -0.2) is 186 Å². The Hall–Kier alpha value is -0.700. The number of carbonyl (C=O) groups is 2. The van der Waals surface area contributed by atoms with E-state index in [0.29, 0.717) is 0 Å². The second kappa shape index (κ2) is 16.4. The minimum Gasteiger partial charge on any atom is -0.544 e. The van der Waals surface area contributed by atoms with Gasteiger partial charge >= 0.3 is 29.6 Å². The Morgan fingerprint density at radius 1 is 0.955 bits per heavy atom. The number of ether oxygens (including phenoxy) is 5. The van der Waals surface area contributed by atoms with Gasteiger partial charge in [0.25, 0.3) is 0 Å². The van der Waals surface area contributed by atoms with Crippen LogP contribution in [0.5, 0.6) is 0 Å². The second-order valence-corrected chi connectivity index (χ2v) is 10.5. The standard InChI is InChI=1S/C23H39NO19.Na/c1-6(27)24-11-7(28)2-23(22(37)38,43-19(11)12(30)8(29)3-25)39-5-10-18(15(33)16(34)20(36)40-10)42-21-17(35)14(32)13(31)9(4-26)41-21;/h7-21,25-26,28-36H,2-5H2,1H3,(H,24,27)(H,37,38);/q;+1/p-1/t7-,8+,9+,10+,11+,12+,13-,14-,15+,16+,17+,18+,19+,20?,21-,23-;/m0./s1. The summed E-state index contributed by atoms with van der Waals surface area (Å²) in [4.78, 5) is 24.0. The molecule has 0 spiro atoms. The number of hydrogen-bond donors (Lipinski definition) is 12. The van der Waals surface area contributed by atoms with E-state index >= 15 is 0 Å². The van der Waals surface area contributed by atoms with Crippen LogP contribution >= 0.6 is 0 Å². The van der Waals surface area contributed by atoms with Crippen LogP contribution in [0.4, 0.5) is 0 Å². The molecule has 3 heterocycles. The van der Waals surface area contributed by atoms with Crippen molar-refractivity contribution in [1.29, 1.82) is 0 Å². The number of carboxylic acid groups (broad SMARTS) is 1. The molecule has 44 heavy (non-hydrogen) atoms. The van der Waals surface area contributed by atoms with Gasteiger partial charge in [0.2, 0.25) is 11.7 Å². The molecular weight excluding hydrogens is 617 g/mol. The molecule has 0 aliphatic carbocycles. The van der Waals surface area contributed by atoms with Crippen molar-refractivity contribution in [3.8, 4) is 0 Å². The fraction of sp³-hybridized carbons (Fsp3) is 0.913. The van der Waals surface area contributed by atoms with Crippen molar-refractivity contribution in [3.05, 3.63) is 0 Å². The molecule has 3 aliphatic heterocycles. The minimum absolute atomic E-state index is 0. The molecule has 12 N–H and O–H groups in total. The van der Waals surface area contributed by atoms with Crippen LogP contribution in [0.1, 0.15) is 13.3 Å². The van der Waals surface area contributed by atoms with Gasteiger partial charge in [-0.1, -0.05) is 0 Å². The van der Waals surface area contributed by atoms with E-state index in [1.165, 1.54) is 0 Å². The molecule has 0 aromatic heterocycles. The van der Waals surface area contributed by atoms with Gasteiger partial charge in [0.05, 0.1) is 32.0 Å². The summed E-state index contributed by atoms with van der Waals surface area (Å²) in [6, 6.07) is -1.52. The molecule has 250 valence electrons. The first kappa shape index (κ1) is 39.5. The third-order valence-corrected chi connectivity index (χ3v) is 7.45. The fourth-order valence-corrected chi connectivity index (χ4v) is 5.04. The van der Waals surface area contributed by atoms with Crippen molar-refractivity contribution < 1.29 is 124 Å². The van der Waals surface area contributed by atoms with Crippen molar-refractivity contribution in [2.45, 2.75) is 111 Å². The van der Waals surface area contributed by atoms with Gasteiger partial charge in [0.15, 0.2) is 12.6 Å². The van der Waals surface area contributed by atoms with Gasteiger partial charge in [0.1, 0.15) is 73.1 Å².